The van der Waals surface area contributed by atoms with Crippen molar-refractivity contribution in [2.45, 2.75) is 44.5 Å². The van der Waals surface area contributed by atoms with Gasteiger partial charge in [0.15, 0.2) is 8.24 Å². The third kappa shape index (κ3) is 2.54. The second kappa shape index (κ2) is 6.45. The molecule has 128 valence electrons. The summed E-state index contributed by atoms with van der Waals surface area (Å²) in [6, 6.07) is 21.1. The summed E-state index contributed by atoms with van der Waals surface area (Å²) in [5.41, 5.74) is 0. The number of benzene rings is 2. The van der Waals surface area contributed by atoms with Crippen molar-refractivity contribution in [1.82, 2.24) is 4.57 Å². The van der Waals surface area contributed by atoms with Gasteiger partial charge in [0.1, 0.15) is 6.23 Å². The molecule has 1 unspecified atom stereocenters. The SMILES string of the molecule is CC(C)(C)[Si](c1ccccc1)(c1ccccc1)N1C(O)C[C@H]1CO. The molecule has 0 amide bonds. The molecule has 1 aliphatic rings. The van der Waals surface area contributed by atoms with E-state index in [-0.39, 0.29) is 17.7 Å². The monoisotopic (exact) mass is 341 g/mol. The van der Waals surface area contributed by atoms with Gasteiger partial charge in [0.25, 0.3) is 0 Å². The zero-order chi connectivity index (χ0) is 17.4. The van der Waals surface area contributed by atoms with Gasteiger partial charge in [0.05, 0.1) is 6.61 Å². The van der Waals surface area contributed by atoms with Crippen LogP contribution in [0.4, 0.5) is 0 Å². The van der Waals surface area contributed by atoms with E-state index in [1.165, 1.54) is 10.4 Å². The Morgan fingerprint density at radius 2 is 1.42 bits per heavy atom. The Hall–Kier alpha value is -1.46. The first-order valence-corrected chi connectivity index (χ1v) is 10.6. The molecule has 1 heterocycles. The van der Waals surface area contributed by atoms with Crippen LogP contribution in [-0.4, -0.2) is 41.9 Å². The standard InChI is InChI=1S/C20H27NO2Si/c1-20(2,3)24(17-10-6-4-7-11-17,18-12-8-5-9-13-18)21-16(15-22)14-19(21)23/h4-13,16,19,22-23H,14-15H2,1-3H3/t16-,19?/m0/s1. The molecule has 3 rings (SSSR count). The van der Waals surface area contributed by atoms with Crippen molar-refractivity contribution >= 4 is 18.6 Å². The molecule has 24 heavy (non-hydrogen) atoms. The lowest BCUT2D eigenvalue weighted by Gasteiger charge is -2.60. The molecule has 2 aromatic carbocycles. The van der Waals surface area contributed by atoms with E-state index in [4.69, 9.17) is 0 Å². The predicted molar refractivity (Wildman–Crippen MR) is 101 cm³/mol. The predicted octanol–water partition coefficient (Wildman–Crippen LogP) is 1.93. The topological polar surface area (TPSA) is 43.7 Å². The normalized spacial score (nSPS) is 22.2. The maximum Gasteiger partial charge on any atom is 0.200 e. The van der Waals surface area contributed by atoms with E-state index in [0.29, 0.717) is 6.42 Å². The van der Waals surface area contributed by atoms with Crippen molar-refractivity contribution in [2.75, 3.05) is 6.61 Å². The third-order valence-corrected chi connectivity index (χ3v) is 11.2. The van der Waals surface area contributed by atoms with Crippen LogP contribution in [0.2, 0.25) is 5.04 Å². The average Bonchev–Trinajstić information content (AvgIpc) is 2.57. The Morgan fingerprint density at radius 1 is 0.958 bits per heavy atom. The minimum absolute atomic E-state index is 0.0197. The summed E-state index contributed by atoms with van der Waals surface area (Å²) in [5, 5.41) is 23.1. The number of nitrogens with zero attached hydrogens (tertiary/aromatic N) is 1. The zero-order valence-corrected chi connectivity index (χ0v) is 15.7. The number of rotatable bonds is 4. The lowest BCUT2D eigenvalue weighted by molar-refractivity contribution is -0.0834. The average molecular weight is 342 g/mol. The molecule has 0 bridgehead atoms. The summed E-state index contributed by atoms with van der Waals surface area (Å²) in [6.07, 6.45) is 0.148. The van der Waals surface area contributed by atoms with E-state index in [0.717, 1.165) is 0 Å². The zero-order valence-electron chi connectivity index (χ0n) is 14.7. The van der Waals surface area contributed by atoms with Gasteiger partial charge in [-0.3, -0.25) is 4.57 Å². The van der Waals surface area contributed by atoms with Crippen molar-refractivity contribution < 1.29 is 10.2 Å². The molecular weight excluding hydrogens is 314 g/mol. The molecule has 0 aliphatic carbocycles. The first-order valence-electron chi connectivity index (χ1n) is 8.61. The van der Waals surface area contributed by atoms with Gasteiger partial charge in [0, 0.05) is 12.5 Å². The van der Waals surface area contributed by atoms with Crippen LogP contribution in [-0.2, 0) is 0 Å². The van der Waals surface area contributed by atoms with E-state index in [1.54, 1.807) is 0 Å². The molecule has 3 nitrogen and oxygen atoms in total. The fourth-order valence-electron chi connectivity index (χ4n) is 4.31. The number of aliphatic hydroxyl groups excluding tert-OH is 2. The third-order valence-electron chi connectivity index (χ3n) is 5.26. The highest BCUT2D eigenvalue weighted by atomic mass is 28.3. The van der Waals surface area contributed by atoms with E-state index < -0.39 is 14.5 Å². The lowest BCUT2D eigenvalue weighted by atomic mass is 10.1. The Labute approximate surface area is 145 Å². The van der Waals surface area contributed by atoms with Crippen LogP contribution in [0.15, 0.2) is 60.7 Å². The van der Waals surface area contributed by atoms with Crippen LogP contribution < -0.4 is 10.4 Å². The summed E-state index contributed by atoms with van der Waals surface area (Å²) in [5.74, 6) is 0. The quantitative estimate of drug-likeness (QED) is 0.835. The van der Waals surface area contributed by atoms with E-state index in [9.17, 15) is 10.2 Å². The summed E-state index contributed by atoms with van der Waals surface area (Å²) >= 11 is 0. The highest BCUT2D eigenvalue weighted by molar-refractivity contribution is 7.02. The highest BCUT2D eigenvalue weighted by Crippen LogP contribution is 2.43. The van der Waals surface area contributed by atoms with Gasteiger partial charge in [-0.05, 0) is 15.4 Å². The number of hydrogen-bond acceptors (Lipinski definition) is 3. The Bertz CT molecular complexity index is 630. The van der Waals surface area contributed by atoms with Gasteiger partial charge >= 0.3 is 0 Å². The molecule has 2 aromatic rings. The van der Waals surface area contributed by atoms with Gasteiger partial charge < -0.3 is 10.2 Å². The van der Waals surface area contributed by atoms with E-state index in [1.807, 2.05) is 12.1 Å². The largest absolute Gasteiger partial charge is 0.395 e. The van der Waals surface area contributed by atoms with Crippen LogP contribution in [0.5, 0.6) is 0 Å². The van der Waals surface area contributed by atoms with Crippen LogP contribution in [0.25, 0.3) is 0 Å². The molecular formula is C20H27NO2Si. The van der Waals surface area contributed by atoms with Gasteiger partial charge in [-0.15, -0.1) is 0 Å². The molecule has 0 aromatic heterocycles. The van der Waals surface area contributed by atoms with Crippen LogP contribution in [0, 0.1) is 0 Å². The molecule has 0 spiro atoms. The number of aliphatic hydroxyl groups is 2. The molecule has 2 N–H and O–H groups in total. The van der Waals surface area contributed by atoms with Crippen molar-refractivity contribution in [2.24, 2.45) is 0 Å². The fourth-order valence-corrected chi connectivity index (χ4v) is 10.4. The summed E-state index contributed by atoms with van der Waals surface area (Å²) < 4.78 is 2.23. The van der Waals surface area contributed by atoms with Crippen LogP contribution in [0.1, 0.15) is 27.2 Å². The Kier molecular flexibility index (Phi) is 4.66. The van der Waals surface area contributed by atoms with Gasteiger partial charge in [-0.2, -0.15) is 0 Å². The lowest BCUT2D eigenvalue weighted by Crippen LogP contribution is -2.82. The van der Waals surface area contributed by atoms with E-state index in [2.05, 4.69) is 73.9 Å². The Morgan fingerprint density at radius 3 is 1.75 bits per heavy atom. The first-order chi connectivity index (χ1) is 11.4. The molecule has 2 atom stereocenters. The van der Waals surface area contributed by atoms with Crippen molar-refractivity contribution in [3.05, 3.63) is 60.7 Å². The highest BCUT2D eigenvalue weighted by Gasteiger charge is 2.59. The summed E-state index contributed by atoms with van der Waals surface area (Å²) in [6.45, 7) is 6.87. The van der Waals surface area contributed by atoms with Crippen LogP contribution in [0.3, 0.4) is 0 Å². The number of hydrogen-bond donors (Lipinski definition) is 2. The smallest absolute Gasteiger partial charge is 0.200 e. The van der Waals surface area contributed by atoms with Crippen molar-refractivity contribution in [3.8, 4) is 0 Å². The summed E-state index contributed by atoms with van der Waals surface area (Å²) in [4.78, 5) is 0. The molecule has 1 saturated heterocycles. The molecule has 1 fully saturated rings. The van der Waals surface area contributed by atoms with E-state index >= 15 is 0 Å². The van der Waals surface area contributed by atoms with Crippen LogP contribution >= 0.6 is 0 Å². The van der Waals surface area contributed by atoms with Gasteiger partial charge in [-0.25, -0.2) is 0 Å². The van der Waals surface area contributed by atoms with Gasteiger partial charge in [0.2, 0.25) is 0 Å². The molecule has 4 heteroatoms. The fraction of sp³-hybridized carbons (Fsp3) is 0.400. The second-order valence-electron chi connectivity index (χ2n) is 7.65. The maximum atomic E-state index is 10.7. The minimum Gasteiger partial charge on any atom is -0.395 e. The maximum absolute atomic E-state index is 10.7. The van der Waals surface area contributed by atoms with Crippen molar-refractivity contribution in [1.29, 1.82) is 0 Å². The molecule has 1 aliphatic heterocycles. The Balaban J connectivity index is 2.30. The second-order valence-corrected chi connectivity index (χ2v) is 12.2. The minimum atomic E-state index is -2.49. The molecule has 0 saturated carbocycles. The summed E-state index contributed by atoms with van der Waals surface area (Å²) in [7, 11) is -2.49. The molecule has 0 radical (unpaired) electrons. The van der Waals surface area contributed by atoms with Gasteiger partial charge in [-0.1, -0.05) is 81.4 Å². The first kappa shape index (κ1) is 17.4. The van der Waals surface area contributed by atoms with Crippen molar-refractivity contribution in [3.63, 3.8) is 0 Å².